The van der Waals surface area contributed by atoms with Crippen LogP contribution in [-0.4, -0.2) is 27.7 Å². The fourth-order valence-corrected chi connectivity index (χ4v) is 3.17. The number of halogens is 2. The Morgan fingerprint density at radius 2 is 1.72 bits per heavy atom. The predicted octanol–water partition coefficient (Wildman–Crippen LogP) is 4.45. The predicted molar refractivity (Wildman–Crippen MR) is 108 cm³/mol. The SMILES string of the molecule is CC(C)CN(C(=O)Nc1ccccc1)C(C)c1n[nH]c(=O)c2cc(F)c(F)cc12. The molecule has 6 nitrogen and oxygen atoms in total. The molecule has 3 rings (SSSR count). The van der Waals surface area contributed by atoms with Crippen LogP contribution in [0.15, 0.2) is 47.3 Å². The third kappa shape index (κ3) is 4.42. The number of hydrogen-bond donors (Lipinski definition) is 2. The number of anilines is 1. The number of nitrogens with one attached hydrogen (secondary N) is 2. The van der Waals surface area contributed by atoms with Crippen LogP contribution in [0.5, 0.6) is 0 Å². The van der Waals surface area contributed by atoms with Crippen molar-refractivity contribution < 1.29 is 13.6 Å². The van der Waals surface area contributed by atoms with Crippen LogP contribution in [0, 0.1) is 17.6 Å². The number of hydrogen-bond acceptors (Lipinski definition) is 3. The number of nitrogens with zero attached hydrogens (tertiary/aromatic N) is 2. The van der Waals surface area contributed by atoms with Crippen LogP contribution in [0.1, 0.15) is 32.5 Å². The molecule has 0 aliphatic carbocycles. The second-order valence-corrected chi connectivity index (χ2v) is 7.27. The maximum absolute atomic E-state index is 13.9. The van der Waals surface area contributed by atoms with Crippen LogP contribution in [0.25, 0.3) is 10.8 Å². The average Bonchev–Trinajstić information content (AvgIpc) is 2.68. The van der Waals surface area contributed by atoms with Crippen LogP contribution < -0.4 is 10.9 Å². The molecule has 1 aromatic heterocycles. The Balaban J connectivity index is 2.03. The van der Waals surface area contributed by atoms with Crippen molar-refractivity contribution in [3.63, 3.8) is 0 Å². The van der Waals surface area contributed by atoms with Gasteiger partial charge in [-0.05, 0) is 37.1 Å². The molecule has 0 bridgehead atoms. The number of urea groups is 1. The number of carbonyl (C=O) groups is 1. The molecule has 1 atom stereocenters. The van der Waals surface area contributed by atoms with E-state index in [4.69, 9.17) is 0 Å². The Hall–Kier alpha value is -3.29. The van der Waals surface area contributed by atoms with Gasteiger partial charge >= 0.3 is 6.03 Å². The van der Waals surface area contributed by atoms with Gasteiger partial charge in [0.15, 0.2) is 11.6 Å². The number of fused-ring (bicyclic) bond motifs is 1. The summed E-state index contributed by atoms with van der Waals surface area (Å²) in [6.45, 7) is 6.05. The van der Waals surface area contributed by atoms with Gasteiger partial charge in [0.2, 0.25) is 0 Å². The fourth-order valence-electron chi connectivity index (χ4n) is 3.17. The Morgan fingerprint density at radius 3 is 2.34 bits per heavy atom. The molecular weight excluding hydrogens is 378 g/mol. The average molecular weight is 400 g/mol. The molecule has 0 saturated carbocycles. The molecule has 29 heavy (non-hydrogen) atoms. The first-order valence-electron chi connectivity index (χ1n) is 9.28. The number of aromatic amines is 1. The van der Waals surface area contributed by atoms with E-state index in [1.165, 1.54) is 0 Å². The number of para-hydroxylation sites is 1. The first-order valence-corrected chi connectivity index (χ1v) is 9.28. The first-order chi connectivity index (χ1) is 13.8. The molecule has 0 aliphatic heterocycles. The number of carbonyl (C=O) groups excluding carboxylic acids is 1. The van der Waals surface area contributed by atoms with E-state index in [2.05, 4.69) is 15.5 Å². The number of H-pyrrole nitrogens is 1. The molecular formula is C21H22F2N4O2. The van der Waals surface area contributed by atoms with E-state index >= 15 is 0 Å². The van der Waals surface area contributed by atoms with Crippen molar-refractivity contribution in [1.82, 2.24) is 15.1 Å². The lowest BCUT2D eigenvalue weighted by Crippen LogP contribution is -2.40. The van der Waals surface area contributed by atoms with E-state index in [9.17, 15) is 18.4 Å². The molecule has 2 aromatic carbocycles. The Labute approximate surface area is 166 Å². The van der Waals surface area contributed by atoms with Gasteiger partial charge in [-0.3, -0.25) is 4.79 Å². The van der Waals surface area contributed by atoms with Gasteiger partial charge in [-0.1, -0.05) is 32.0 Å². The largest absolute Gasteiger partial charge is 0.322 e. The highest BCUT2D eigenvalue weighted by Gasteiger charge is 2.26. The van der Waals surface area contributed by atoms with Crippen LogP contribution in [-0.2, 0) is 0 Å². The third-order valence-electron chi connectivity index (χ3n) is 4.57. The van der Waals surface area contributed by atoms with Crippen molar-refractivity contribution in [3.05, 3.63) is 70.1 Å². The normalized spacial score (nSPS) is 12.2. The summed E-state index contributed by atoms with van der Waals surface area (Å²) < 4.78 is 27.5. The van der Waals surface area contributed by atoms with Gasteiger partial charge in [0.1, 0.15) is 0 Å². The van der Waals surface area contributed by atoms with Crippen molar-refractivity contribution in [2.45, 2.75) is 26.8 Å². The van der Waals surface area contributed by atoms with E-state index in [1.807, 2.05) is 19.9 Å². The standard InChI is InChI=1S/C21H22F2N4O2/c1-12(2)11-27(21(29)24-14-7-5-4-6-8-14)13(3)19-15-9-17(22)18(23)10-16(15)20(28)26-25-19/h4-10,12-13H,11H2,1-3H3,(H,24,29)(H,26,28). The lowest BCUT2D eigenvalue weighted by atomic mass is 10.0. The minimum absolute atomic E-state index is 0.0197. The lowest BCUT2D eigenvalue weighted by molar-refractivity contribution is 0.182. The van der Waals surface area contributed by atoms with Gasteiger partial charge in [-0.2, -0.15) is 5.10 Å². The summed E-state index contributed by atoms with van der Waals surface area (Å²) in [5.41, 5.74) is 0.284. The Kier molecular flexibility index (Phi) is 5.91. The molecule has 1 heterocycles. The van der Waals surface area contributed by atoms with Crippen LogP contribution in [0.2, 0.25) is 0 Å². The summed E-state index contributed by atoms with van der Waals surface area (Å²) in [5.74, 6) is -2.06. The zero-order chi connectivity index (χ0) is 21.1. The smallest absolute Gasteiger partial charge is 0.316 e. The fraction of sp³-hybridized carbons (Fsp3) is 0.286. The second kappa shape index (κ2) is 8.38. The maximum atomic E-state index is 13.9. The van der Waals surface area contributed by atoms with Gasteiger partial charge in [0.25, 0.3) is 5.56 Å². The third-order valence-corrected chi connectivity index (χ3v) is 4.57. The van der Waals surface area contributed by atoms with Crippen molar-refractivity contribution in [3.8, 4) is 0 Å². The maximum Gasteiger partial charge on any atom is 0.322 e. The molecule has 2 N–H and O–H groups in total. The summed E-state index contributed by atoms with van der Waals surface area (Å²) in [4.78, 5) is 26.6. The molecule has 0 spiro atoms. The molecule has 0 fully saturated rings. The summed E-state index contributed by atoms with van der Waals surface area (Å²) in [5, 5.41) is 9.34. The highest BCUT2D eigenvalue weighted by Crippen LogP contribution is 2.27. The van der Waals surface area contributed by atoms with Crippen LogP contribution in [0.4, 0.5) is 19.3 Å². The van der Waals surface area contributed by atoms with Gasteiger partial charge in [0.05, 0.1) is 17.1 Å². The number of rotatable bonds is 5. The van der Waals surface area contributed by atoms with Crippen LogP contribution in [0.3, 0.4) is 0 Å². The molecule has 8 heteroatoms. The summed E-state index contributed by atoms with van der Waals surface area (Å²) in [7, 11) is 0. The minimum Gasteiger partial charge on any atom is -0.316 e. The Morgan fingerprint density at radius 1 is 1.10 bits per heavy atom. The monoisotopic (exact) mass is 400 g/mol. The second-order valence-electron chi connectivity index (χ2n) is 7.27. The zero-order valence-corrected chi connectivity index (χ0v) is 16.4. The number of amides is 2. The lowest BCUT2D eigenvalue weighted by Gasteiger charge is -2.31. The van der Waals surface area contributed by atoms with Gasteiger partial charge in [-0.15, -0.1) is 0 Å². The Bertz CT molecular complexity index is 1080. The summed E-state index contributed by atoms with van der Waals surface area (Å²) in [6, 6.07) is 9.81. The minimum atomic E-state index is -1.12. The van der Waals surface area contributed by atoms with Crippen LogP contribution >= 0.6 is 0 Å². The molecule has 1 unspecified atom stereocenters. The molecule has 0 aliphatic rings. The van der Waals surface area contributed by atoms with E-state index < -0.39 is 23.2 Å². The topological polar surface area (TPSA) is 78.1 Å². The van der Waals surface area contributed by atoms with Gasteiger partial charge < -0.3 is 10.2 Å². The summed E-state index contributed by atoms with van der Waals surface area (Å²) >= 11 is 0. The van der Waals surface area contributed by atoms with E-state index in [1.54, 1.807) is 36.1 Å². The van der Waals surface area contributed by atoms with Crippen molar-refractivity contribution >= 4 is 22.5 Å². The molecule has 2 amide bonds. The van der Waals surface area contributed by atoms with Gasteiger partial charge in [-0.25, -0.2) is 18.7 Å². The number of aromatic nitrogens is 2. The van der Waals surface area contributed by atoms with Gasteiger partial charge in [0, 0.05) is 17.6 Å². The van der Waals surface area contributed by atoms with E-state index in [-0.39, 0.29) is 28.4 Å². The van der Waals surface area contributed by atoms with Crippen molar-refractivity contribution in [2.75, 3.05) is 11.9 Å². The van der Waals surface area contributed by atoms with E-state index in [0.29, 0.717) is 12.2 Å². The quantitative estimate of drug-likeness (QED) is 0.664. The van der Waals surface area contributed by atoms with Crippen molar-refractivity contribution in [2.24, 2.45) is 5.92 Å². The number of benzene rings is 2. The van der Waals surface area contributed by atoms with Crippen molar-refractivity contribution in [1.29, 1.82) is 0 Å². The molecule has 152 valence electrons. The zero-order valence-electron chi connectivity index (χ0n) is 16.4. The first kappa shape index (κ1) is 20.4. The molecule has 3 aromatic rings. The van der Waals surface area contributed by atoms with E-state index in [0.717, 1.165) is 12.1 Å². The molecule has 0 radical (unpaired) electrons. The highest BCUT2D eigenvalue weighted by atomic mass is 19.2. The molecule has 0 saturated heterocycles. The highest BCUT2D eigenvalue weighted by molar-refractivity contribution is 5.90. The summed E-state index contributed by atoms with van der Waals surface area (Å²) in [6.07, 6.45) is 0.